The Morgan fingerprint density at radius 3 is 2.67 bits per heavy atom. The molecule has 7 heteroatoms. The van der Waals surface area contributed by atoms with Crippen molar-refractivity contribution in [3.63, 3.8) is 0 Å². The average molecular weight is 419 g/mol. The Balaban J connectivity index is 1.64. The van der Waals surface area contributed by atoms with E-state index in [9.17, 15) is 14.0 Å². The number of hydrazone groups is 1. The third kappa shape index (κ3) is 3.92. The molecule has 0 bridgehead atoms. The molecular formula is C23H18FN3O2S. The zero-order valence-electron chi connectivity index (χ0n) is 16.1. The van der Waals surface area contributed by atoms with Crippen molar-refractivity contribution in [2.75, 3.05) is 0 Å². The second kappa shape index (κ2) is 8.42. The molecule has 3 aromatic heterocycles. The van der Waals surface area contributed by atoms with Crippen molar-refractivity contribution >= 4 is 34.8 Å². The van der Waals surface area contributed by atoms with Crippen LogP contribution in [0, 0.1) is 12.7 Å². The number of thiophene rings is 1. The minimum Gasteiger partial charge on any atom is -0.313 e. The molecule has 0 aliphatic heterocycles. The predicted octanol–water partition coefficient (Wildman–Crippen LogP) is 4.37. The Bertz CT molecular complexity index is 1240. The number of ketones is 1. The van der Waals surface area contributed by atoms with Gasteiger partial charge in [0.05, 0.1) is 23.8 Å². The molecule has 0 unspecified atom stereocenters. The summed E-state index contributed by atoms with van der Waals surface area (Å²) < 4.78 is 15.0. The summed E-state index contributed by atoms with van der Waals surface area (Å²) in [6.45, 7) is 1.83. The molecule has 0 saturated heterocycles. The first-order valence-electron chi connectivity index (χ1n) is 9.29. The van der Waals surface area contributed by atoms with Gasteiger partial charge in [0.2, 0.25) is 11.7 Å². The highest BCUT2D eigenvalue weighted by molar-refractivity contribution is 7.10. The highest BCUT2D eigenvalue weighted by Gasteiger charge is 2.20. The fourth-order valence-corrected chi connectivity index (χ4v) is 4.02. The number of nitrogens with one attached hydrogen (secondary N) is 1. The number of aromatic nitrogens is 1. The van der Waals surface area contributed by atoms with Crippen LogP contribution in [0.3, 0.4) is 0 Å². The van der Waals surface area contributed by atoms with Gasteiger partial charge in [-0.15, -0.1) is 11.3 Å². The van der Waals surface area contributed by atoms with Crippen LogP contribution in [-0.4, -0.2) is 22.3 Å². The van der Waals surface area contributed by atoms with Gasteiger partial charge in [-0.25, -0.2) is 9.82 Å². The van der Waals surface area contributed by atoms with Crippen LogP contribution in [0.4, 0.5) is 4.39 Å². The van der Waals surface area contributed by atoms with Crippen LogP contribution in [0.15, 0.2) is 71.3 Å². The molecule has 0 aliphatic carbocycles. The van der Waals surface area contributed by atoms with Gasteiger partial charge >= 0.3 is 0 Å². The number of carbonyl (C=O) groups is 2. The predicted molar refractivity (Wildman–Crippen MR) is 116 cm³/mol. The van der Waals surface area contributed by atoms with Crippen LogP contribution in [-0.2, 0) is 11.2 Å². The number of fused-ring (bicyclic) bond motifs is 1. The minimum absolute atomic E-state index is 0.211. The average Bonchev–Trinajstić information content (AvgIpc) is 3.34. The molecule has 0 fully saturated rings. The lowest BCUT2D eigenvalue weighted by Gasteiger charge is -2.04. The molecule has 30 heavy (non-hydrogen) atoms. The number of nitrogens with zero attached hydrogens (tertiary/aromatic N) is 2. The highest BCUT2D eigenvalue weighted by atomic mass is 32.1. The van der Waals surface area contributed by atoms with E-state index in [1.165, 1.54) is 35.6 Å². The van der Waals surface area contributed by atoms with Crippen LogP contribution in [0.2, 0.25) is 0 Å². The van der Waals surface area contributed by atoms with Gasteiger partial charge in [0, 0.05) is 22.2 Å². The zero-order chi connectivity index (χ0) is 21.1. The molecule has 0 saturated carbocycles. The summed E-state index contributed by atoms with van der Waals surface area (Å²) >= 11 is 1.51. The number of halogens is 1. The van der Waals surface area contributed by atoms with Gasteiger partial charge in [0.15, 0.2) is 0 Å². The molecule has 0 aliphatic rings. The molecule has 150 valence electrons. The minimum atomic E-state index is -0.394. The molecule has 1 amide bonds. The van der Waals surface area contributed by atoms with E-state index in [1.54, 1.807) is 16.8 Å². The van der Waals surface area contributed by atoms with Crippen molar-refractivity contribution in [1.82, 2.24) is 9.83 Å². The van der Waals surface area contributed by atoms with Crippen LogP contribution in [0.25, 0.3) is 5.52 Å². The molecule has 1 N–H and O–H groups in total. The number of rotatable bonds is 6. The van der Waals surface area contributed by atoms with Gasteiger partial charge in [-0.2, -0.15) is 5.10 Å². The zero-order valence-corrected chi connectivity index (χ0v) is 16.9. The van der Waals surface area contributed by atoms with E-state index in [0.29, 0.717) is 11.3 Å². The first-order valence-corrected chi connectivity index (χ1v) is 10.2. The third-order valence-electron chi connectivity index (χ3n) is 4.76. The van der Waals surface area contributed by atoms with E-state index in [4.69, 9.17) is 0 Å². The van der Waals surface area contributed by atoms with Gasteiger partial charge in [0.1, 0.15) is 5.82 Å². The van der Waals surface area contributed by atoms with Gasteiger partial charge in [0.25, 0.3) is 0 Å². The first-order chi connectivity index (χ1) is 14.5. The lowest BCUT2D eigenvalue weighted by molar-refractivity contribution is -0.120. The standard InChI is InChI=1S/C23H18FN3O2S/c1-15-19(14-25-26-21(28)13-18-5-4-12-30-18)20-6-2-3-11-27(20)22(15)23(29)16-7-9-17(24)10-8-16/h2-12,14H,13H2,1H3,(H,26,28)/b25-14+. The molecule has 0 atom stereocenters. The Hall–Kier alpha value is -3.58. The summed E-state index contributed by atoms with van der Waals surface area (Å²) in [4.78, 5) is 26.1. The number of hydrogen-bond acceptors (Lipinski definition) is 4. The van der Waals surface area contributed by atoms with Gasteiger partial charge < -0.3 is 4.40 Å². The Morgan fingerprint density at radius 2 is 1.93 bits per heavy atom. The number of amides is 1. The second-order valence-electron chi connectivity index (χ2n) is 6.73. The highest BCUT2D eigenvalue weighted by Crippen LogP contribution is 2.24. The molecule has 1 aromatic carbocycles. The smallest absolute Gasteiger partial charge is 0.245 e. The fourth-order valence-electron chi connectivity index (χ4n) is 3.32. The first kappa shape index (κ1) is 19.7. The van der Waals surface area contributed by atoms with Crippen LogP contribution in [0.5, 0.6) is 0 Å². The topological polar surface area (TPSA) is 62.9 Å². The van der Waals surface area contributed by atoms with Gasteiger partial charge in [-0.05, 0) is 60.3 Å². The summed E-state index contributed by atoms with van der Waals surface area (Å²) in [7, 11) is 0. The summed E-state index contributed by atoms with van der Waals surface area (Å²) in [5, 5.41) is 6.01. The van der Waals surface area contributed by atoms with E-state index in [1.807, 2.05) is 42.6 Å². The monoisotopic (exact) mass is 419 g/mol. The normalized spacial score (nSPS) is 11.3. The molecule has 4 aromatic rings. The number of hydrogen-bond donors (Lipinski definition) is 1. The summed E-state index contributed by atoms with van der Waals surface area (Å²) in [5.41, 5.74) is 5.66. The molecule has 0 radical (unpaired) electrons. The van der Waals surface area contributed by atoms with Crippen LogP contribution >= 0.6 is 11.3 Å². The Kier molecular flexibility index (Phi) is 5.54. The van der Waals surface area contributed by atoms with Crippen molar-refractivity contribution in [3.05, 3.63) is 99.3 Å². The molecule has 0 spiro atoms. The maximum Gasteiger partial charge on any atom is 0.245 e. The lowest BCUT2D eigenvalue weighted by Crippen LogP contribution is -2.19. The van der Waals surface area contributed by atoms with Crippen LogP contribution in [0.1, 0.15) is 32.1 Å². The quantitative estimate of drug-likeness (QED) is 0.287. The maximum atomic E-state index is 13.2. The van der Waals surface area contributed by atoms with Gasteiger partial charge in [-0.3, -0.25) is 9.59 Å². The largest absolute Gasteiger partial charge is 0.313 e. The summed E-state index contributed by atoms with van der Waals surface area (Å²) in [5.74, 6) is -0.818. The van der Waals surface area contributed by atoms with Crippen LogP contribution < -0.4 is 5.43 Å². The van der Waals surface area contributed by atoms with E-state index in [-0.39, 0.29) is 18.1 Å². The molecular weight excluding hydrogens is 401 g/mol. The van der Waals surface area contributed by atoms with E-state index < -0.39 is 5.82 Å². The Morgan fingerprint density at radius 1 is 1.13 bits per heavy atom. The maximum absolute atomic E-state index is 13.2. The van der Waals surface area contributed by atoms with Crippen molar-refractivity contribution in [2.45, 2.75) is 13.3 Å². The summed E-state index contributed by atoms with van der Waals surface area (Å²) in [6, 6.07) is 14.8. The number of carbonyl (C=O) groups excluding carboxylic acids is 2. The van der Waals surface area contributed by atoms with Crippen molar-refractivity contribution in [3.8, 4) is 0 Å². The molecule has 4 rings (SSSR count). The van der Waals surface area contributed by atoms with Crippen molar-refractivity contribution in [1.29, 1.82) is 0 Å². The van der Waals surface area contributed by atoms with Crippen molar-refractivity contribution < 1.29 is 14.0 Å². The van der Waals surface area contributed by atoms with E-state index in [0.717, 1.165) is 21.5 Å². The number of benzene rings is 1. The lowest BCUT2D eigenvalue weighted by atomic mass is 10.0. The summed E-state index contributed by atoms with van der Waals surface area (Å²) in [6.07, 6.45) is 3.61. The molecule has 5 nitrogen and oxygen atoms in total. The Labute approximate surface area is 176 Å². The van der Waals surface area contributed by atoms with E-state index in [2.05, 4.69) is 10.5 Å². The second-order valence-corrected chi connectivity index (χ2v) is 7.76. The van der Waals surface area contributed by atoms with E-state index >= 15 is 0 Å². The number of pyridine rings is 1. The van der Waals surface area contributed by atoms with Crippen molar-refractivity contribution in [2.24, 2.45) is 5.10 Å². The van der Waals surface area contributed by atoms with Gasteiger partial charge in [-0.1, -0.05) is 12.1 Å². The SMILES string of the molecule is Cc1c(/C=N/NC(=O)Cc2cccs2)c2ccccn2c1C(=O)c1ccc(F)cc1. The molecule has 3 heterocycles. The fraction of sp³-hybridized carbons (Fsp3) is 0.0870. The third-order valence-corrected chi connectivity index (χ3v) is 5.63.